The van der Waals surface area contributed by atoms with E-state index in [0.29, 0.717) is 29.5 Å². The maximum absolute atomic E-state index is 12.0. The third kappa shape index (κ3) is 8.08. The first-order valence-electron chi connectivity index (χ1n) is 9.71. The minimum Gasteiger partial charge on any atom is -0.497 e. The lowest BCUT2D eigenvalue weighted by Gasteiger charge is -2.16. The van der Waals surface area contributed by atoms with Crippen LogP contribution < -0.4 is 25.0 Å². The maximum atomic E-state index is 12.0. The molecule has 0 radical (unpaired) electrons. The molecule has 0 spiro atoms. The second kappa shape index (κ2) is 12.1. The molecule has 0 unspecified atom stereocenters. The van der Waals surface area contributed by atoms with Gasteiger partial charge in [0.2, 0.25) is 11.8 Å². The van der Waals surface area contributed by atoms with Gasteiger partial charge in [-0.25, -0.2) is 5.43 Å². The fourth-order valence-electron chi connectivity index (χ4n) is 2.52. The number of nitrogens with zero attached hydrogens (tertiary/aromatic N) is 1. The van der Waals surface area contributed by atoms with E-state index in [1.54, 1.807) is 37.4 Å². The Hall–Kier alpha value is -2.82. The standard InChI is InChI=1S/C22H26IN3O5/c1-5-30-19-11-15(10-18(23)22(19)31-14(2)3)13-24-26-21(28)12-20(27)25-16-6-8-17(29-4)9-7-16/h6-11,13-14H,5,12H2,1-4H3,(H,25,27)(H,26,28). The van der Waals surface area contributed by atoms with E-state index in [-0.39, 0.29) is 12.5 Å². The number of ether oxygens (including phenoxy) is 3. The van der Waals surface area contributed by atoms with Crippen molar-refractivity contribution in [1.82, 2.24) is 5.43 Å². The van der Waals surface area contributed by atoms with E-state index in [9.17, 15) is 9.59 Å². The number of anilines is 1. The summed E-state index contributed by atoms with van der Waals surface area (Å²) in [5.41, 5.74) is 3.66. The average Bonchev–Trinajstić information content (AvgIpc) is 2.71. The number of hydrogen-bond donors (Lipinski definition) is 2. The Labute approximate surface area is 195 Å². The summed E-state index contributed by atoms with van der Waals surface area (Å²) in [6, 6.07) is 10.5. The van der Waals surface area contributed by atoms with Crippen molar-refractivity contribution in [3.05, 3.63) is 45.5 Å². The number of rotatable bonds is 10. The molecular formula is C22H26IN3O5. The summed E-state index contributed by atoms with van der Waals surface area (Å²) >= 11 is 2.17. The molecule has 0 aliphatic rings. The van der Waals surface area contributed by atoms with Crippen molar-refractivity contribution in [3.63, 3.8) is 0 Å². The van der Waals surface area contributed by atoms with Crippen LogP contribution in [0.5, 0.6) is 17.2 Å². The van der Waals surface area contributed by atoms with Crippen LogP contribution in [0.15, 0.2) is 41.5 Å². The summed E-state index contributed by atoms with van der Waals surface area (Å²) in [4.78, 5) is 24.0. The van der Waals surface area contributed by atoms with Gasteiger partial charge >= 0.3 is 0 Å². The van der Waals surface area contributed by atoms with Crippen LogP contribution in [0.3, 0.4) is 0 Å². The molecule has 0 atom stereocenters. The Bertz CT molecular complexity index is 929. The zero-order valence-electron chi connectivity index (χ0n) is 17.9. The fraction of sp³-hybridized carbons (Fsp3) is 0.318. The van der Waals surface area contributed by atoms with Gasteiger partial charge in [0, 0.05) is 5.69 Å². The van der Waals surface area contributed by atoms with E-state index >= 15 is 0 Å². The largest absolute Gasteiger partial charge is 0.497 e. The molecule has 2 aromatic carbocycles. The molecule has 0 bridgehead atoms. The topological polar surface area (TPSA) is 98.2 Å². The number of nitrogens with one attached hydrogen (secondary N) is 2. The van der Waals surface area contributed by atoms with Crippen LogP contribution in [0.1, 0.15) is 32.8 Å². The molecule has 0 saturated carbocycles. The third-order valence-corrected chi connectivity index (χ3v) is 4.58. The van der Waals surface area contributed by atoms with Crippen LogP contribution >= 0.6 is 22.6 Å². The zero-order chi connectivity index (χ0) is 22.8. The van der Waals surface area contributed by atoms with Crippen molar-refractivity contribution in [2.45, 2.75) is 33.3 Å². The third-order valence-electron chi connectivity index (χ3n) is 3.78. The molecule has 166 valence electrons. The van der Waals surface area contributed by atoms with Gasteiger partial charge in [0.25, 0.3) is 0 Å². The smallest absolute Gasteiger partial charge is 0.249 e. The average molecular weight is 539 g/mol. The molecular weight excluding hydrogens is 513 g/mol. The normalized spacial score (nSPS) is 10.8. The molecule has 2 amide bonds. The molecule has 2 N–H and O–H groups in total. The van der Waals surface area contributed by atoms with Crippen LogP contribution in [-0.2, 0) is 9.59 Å². The summed E-state index contributed by atoms with van der Waals surface area (Å²) < 4.78 is 17.4. The van der Waals surface area contributed by atoms with Gasteiger partial charge in [-0.05, 0) is 85.3 Å². The quantitative estimate of drug-likeness (QED) is 0.206. The van der Waals surface area contributed by atoms with Gasteiger partial charge in [-0.15, -0.1) is 0 Å². The first kappa shape index (κ1) is 24.4. The minimum atomic E-state index is -0.526. The highest BCUT2D eigenvalue weighted by Gasteiger charge is 2.13. The molecule has 31 heavy (non-hydrogen) atoms. The van der Waals surface area contributed by atoms with E-state index < -0.39 is 11.8 Å². The van der Waals surface area contributed by atoms with E-state index in [4.69, 9.17) is 14.2 Å². The van der Waals surface area contributed by atoms with E-state index in [1.807, 2.05) is 26.8 Å². The number of amides is 2. The first-order chi connectivity index (χ1) is 14.8. The molecule has 0 aromatic heterocycles. The summed E-state index contributed by atoms with van der Waals surface area (Å²) in [6.07, 6.45) is 1.14. The summed E-state index contributed by atoms with van der Waals surface area (Å²) in [7, 11) is 1.56. The van der Waals surface area contributed by atoms with Crippen LogP contribution in [0, 0.1) is 3.57 Å². The maximum Gasteiger partial charge on any atom is 0.249 e. The monoisotopic (exact) mass is 539 g/mol. The van der Waals surface area contributed by atoms with Crippen molar-refractivity contribution in [2.75, 3.05) is 19.0 Å². The highest BCUT2D eigenvalue weighted by Crippen LogP contribution is 2.34. The number of hydrazone groups is 1. The number of methoxy groups -OCH3 is 1. The van der Waals surface area contributed by atoms with Gasteiger partial charge < -0.3 is 19.5 Å². The van der Waals surface area contributed by atoms with E-state index in [2.05, 4.69) is 38.4 Å². The zero-order valence-corrected chi connectivity index (χ0v) is 20.1. The lowest BCUT2D eigenvalue weighted by atomic mass is 10.2. The molecule has 8 nitrogen and oxygen atoms in total. The van der Waals surface area contributed by atoms with Crippen LogP contribution in [-0.4, -0.2) is 37.8 Å². The van der Waals surface area contributed by atoms with Crippen molar-refractivity contribution in [2.24, 2.45) is 5.10 Å². The number of halogens is 1. The lowest BCUT2D eigenvalue weighted by Crippen LogP contribution is -2.24. The summed E-state index contributed by atoms with van der Waals surface area (Å²) in [6.45, 7) is 6.28. The van der Waals surface area contributed by atoms with Gasteiger partial charge in [-0.3, -0.25) is 9.59 Å². The second-order valence-electron chi connectivity index (χ2n) is 6.68. The van der Waals surface area contributed by atoms with E-state index in [1.165, 1.54) is 6.21 Å². The molecule has 0 heterocycles. The van der Waals surface area contributed by atoms with Gasteiger partial charge in [0.15, 0.2) is 11.5 Å². The predicted octanol–water partition coefficient (Wildman–Crippen LogP) is 3.96. The summed E-state index contributed by atoms with van der Waals surface area (Å²) in [5.74, 6) is 0.989. The van der Waals surface area contributed by atoms with Gasteiger partial charge in [-0.2, -0.15) is 5.10 Å². The molecule has 2 aromatic rings. The van der Waals surface area contributed by atoms with Crippen molar-refractivity contribution < 1.29 is 23.8 Å². The predicted molar refractivity (Wildman–Crippen MR) is 128 cm³/mol. The Morgan fingerprint density at radius 1 is 1.16 bits per heavy atom. The highest BCUT2D eigenvalue weighted by molar-refractivity contribution is 14.1. The van der Waals surface area contributed by atoms with E-state index in [0.717, 1.165) is 9.13 Å². The number of benzene rings is 2. The second-order valence-corrected chi connectivity index (χ2v) is 7.84. The Morgan fingerprint density at radius 2 is 1.87 bits per heavy atom. The fourth-order valence-corrected chi connectivity index (χ4v) is 3.27. The van der Waals surface area contributed by atoms with Crippen LogP contribution in [0.2, 0.25) is 0 Å². The number of carbonyl (C=O) groups excluding carboxylic acids is 2. The minimum absolute atomic E-state index is 0.00980. The van der Waals surface area contributed by atoms with Gasteiger partial charge in [-0.1, -0.05) is 0 Å². The van der Waals surface area contributed by atoms with Crippen molar-refractivity contribution in [1.29, 1.82) is 0 Å². The van der Waals surface area contributed by atoms with Crippen LogP contribution in [0.4, 0.5) is 5.69 Å². The lowest BCUT2D eigenvalue weighted by molar-refractivity contribution is -0.126. The molecule has 2 rings (SSSR count). The van der Waals surface area contributed by atoms with Gasteiger partial charge in [0.1, 0.15) is 12.2 Å². The molecule has 0 saturated heterocycles. The molecule has 0 fully saturated rings. The Balaban J connectivity index is 1.94. The number of hydrogen-bond acceptors (Lipinski definition) is 6. The van der Waals surface area contributed by atoms with Crippen molar-refractivity contribution in [3.8, 4) is 17.2 Å². The highest BCUT2D eigenvalue weighted by atomic mass is 127. The SMILES string of the molecule is CCOc1cc(C=NNC(=O)CC(=O)Nc2ccc(OC)cc2)cc(I)c1OC(C)C. The Kier molecular flexibility index (Phi) is 9.57. The Morgan fingerprint density at radius 3 is 2.48 bits per heavy atom. The first-order valence-corrected chi connectivity index (χ1v) is 10.8. The van der Waals surface area contributed by atoms with Crippen molar-refractivity contribution >= 4 is 46.3 Å². The molecule has 0 aliphatic carbocycles. The molecule has 0 aliphatic heterocycles. The molecule has 9 heteroatoms. The van der Waals surface area contributed by atoms with Crippen LogP contribution in [0.25, 0.3) is 0 Å². The van der Waals surface area contributed by atoms with Gasteiger partial charge in [0.05, 0.1) is 29.6 Å². The summed E-state index contributed by atoms with van der Waals surface area (Å²) in [5, 5.41) is 6.58. The number of carbonyl (C=O) groups is 2.